The monoisotopic (exact) mass is 423 g/mol. The predicted molar refractivity (Wildman–Crippen MR) is 119 cm³/mol. The molecule has 5 heteroatoms. The molecular formula is C25H26FNO2S. The van der Waals surface area contributed by atoms with Gasteiger partial charge in [0.05, 0.1) is 30.0 Å². The van der Waals surface area contributed by atoms with Crippen LogP contribution in [0.25, 0.3) is 0 Å². The topological polar surface area (TPSA) is 21.7 Å². The van der Waals surface area contributed by atoms with Gasteiger partial charge in [-0.1, -0.05) is 60.7 Å². The molecular weight excluding hydrogens is 397 g/mol. The molecule has 0 N–H and O–H groups in total. The van der Waals surface area contributed by atoms with Gasteiger partial charge in [-0.05, 0) is 23.8 Å². The van der Waals surface area contributed by atoms with Crippen LogP contribution in [0.3, 0.4) is 0 Å². The summed E-state index contributed by atoms with van der Waals surface area (Å²) in [4.78, 5) is 3.37. The number of hydrogen-bond acceptors (Lipinski definition) is 4. The van der Waals surface area contributed by atoms with Crippen molar-refractivity contribution in [2.45, 2.75) is 22.8 Å². The Morgan fingerprint density at radius 3 is 2.57 bits per heavy atom. The van der Waals surface area contributed by atoms with E-state index in [-0.39, 0.29) is 17.2 Å². The maximum absolute atomic E-state index is 14.8. The van der Waals surface area contributed by atoms with Crippen molar-refractivity contribution in [1.29, 1.82) is 0 Å². The molecule has 2 unspecified atom stereocenters. The average molecular weight is 424 g/mol. The second-order valence-electron chi connectivity index (χ2n) is 7.34. The van der Waals surface area contributed by atoms with Gasteiger partial charge in [-0.15, -0.1) is 11.8 Å². The fourth-order valence-electron chi connectivity index (χ4n) is 3.80. The molecule has 0 saturated carbocycles. The number of para-hydroxylation sites is 1. The molecule has 1 aliphatic rings. The first-order valence-electron chi connectivity index (χ1n) is 10.2. The number of halogens is 1. The Bertz CT molecular complexity index is 953. The third-order valence-electron chi connectivity index (χ3n) is 5.30. The highest BCUT2D eigenvalue weighted by molar-refractivity contribution is 7.99. The zero-order chi connectivity index (χ0) is 20.8. The summed E-state index contributed by atoms with van der Waals surface area (Å²) in [6, 6.07) is 25.3. The van der Waals surface area contributed by atoms with Gasteiger partial charge in [0.25, 0.3) is 0 Å². The predicted octanol–water partition coefficient (Wildman–Crippen LogP) is 5.57. The molecule has 3 nitrogen and oxygen atoms in total. The zero-order valence-electron chi connectivity index (χ0n) is 17.0. The Balaban J connectivity index is 1.59. The van der Waals surface area contributed by atoms with Crippen LogP contribution in [0.1, 0.15) is 16.4 Å². The molecule has 0 aliphatic carbocycles. The van der Waals surface area contributed by atoms with Gasteiger partial charge in [-0.2, -0.15) is 0 Å². The lowest BCUT2D eigenvalue weighted by molar-refractivity contribution is -0.0323. The standard InChI is InChI=1S/C25H26FNO2S/c1-28-22-13-7-8-14-24(22)30-25(20-11-5-6-12-21(20)26)23-18-27(15-16-29-23)17-19-9-3-2-4-10-19/h2-14,23,25H,15-18H2,1H3. The highest BCUT2D eigenvalue weighted by Crippen LogP contribution is 2.44. The molecule has 1 fully saturated rings. The summed E-state index contributed by atoms with van der Waals surface area (Å²) in [7, 11) is 1.66. The van der Waals surface area contributed by atoms with Gasteiger partial charge in [-0.3, -0.25) is 4.90 Å². The van der Waals surface area contributed by atoms with E-state index < -0.39 is 0 Å². The number of methoxy groups -OCH3 is 1. The number of morpholine rings is 1. The summed E-state index contributed by atoms with van der Waals surface area (Å²) in [6.07, 6.45) is -0.130. The molecule has 3 aromatic rings. The summed E-state index contributed by atoms with van der Waals surface area (Å²) in [5, 5.41) is -0.180. The highest BCUT2D eigenvalue weighted by Gasteiger charge is 2.32. The largest absolute Gasteiger partial charge is 0.496 e. The number of thioether (sulfide) groups is 1. The van der Waals surface area contributed by atoms with Gasteiger partial charge in [0, 0.05) is 25.2 Å². The third kappa shape index (κ3) is 5.04. The smallest absolute Gasteiger partial charge is 0.132 e. The van der Waals surface area contributed by atoms with E-state index in [1.807, 2.05) is 42.5 Å². The molecule has 0 bridgehead atoms. The Kier molecular flexibility index (Phi) is 7.05. The van der Waals surface area contributed by atoms with Crippen molar-refractivity contribution in [2.24, 2.45) is 0 Å². The van der Waals surface area contributed by atoms with Gasteiger partial charge >= 0.3 is 0 Å². The lowest BCUT2D eigenvalue weighted by Crippen LogP contribution is -2.44. The van der Waals surface area contributed by atoms with Crippen molar-refractivity contribution in [2.75, 3.05) is 26.8 Å². The number of nitrogens with zero attached hydrogens (tertiary/aromatic N) is 1. The van der Waals surface area contributed by atoms with Gasteiger partial charge in [0.1, 0.15) is 11.6 Å². The van der Waals surface area contributed by atoms with Crippen LogP contribution in [0.5, 0.6) is 5.75 Å². The molecule has 1 saturated heterocycles. The second-order valence-corrected chi connectivity index (χ2v) is 8.52. The minimum atomic E-state index is -0.200. The maximum atomic E-state index is 14.8. The van der Waals surface area contributed by atoms with Gasteiger partial charge in [-0.25, -0.2) is 4.39 Å². The minimum Gasteiger partial charge on any atom is -0.496 e. The summed E-state index contributed by atoms with van der Waals surface area (Å²) in [5.41, 5.74) is 1.94. The Hall–Kier alpha value is -2.34. The lowest BCUT2D eigenvalue weighted by atomic mass is 10.0. The van der Waals surface area contributed by atoms with Crippen LogP contribution in [-0.2, 0) is 11.3 Å². The van der Waals surface area contributed by atoms with Crippen LogP contribution < -0.4 is 4.74 Å². The van der Waals surface area contributed by atoms with Crippen LogP contribution in [0.4, 0.5) is 4.39 Å². The van der Waals surface area contributed by atoms with Crippen LogP contribution in [-0.4, -0.2) is 37.8 Å². The second kappa shape index (κ2) is 10.1. The quantitative estimate of drug-likeness (QED) is 0.463. The number of hydrogen-bond donors (Lipinski definition) is 0. The van der Waals surface area contributed by atoms with E-state index in [0.717, 1.165) is 30.3 Å². The molecule has 156 valence electrons. The number of benzene rings is 3. The molecule has 4 rings (SSSR count). The molecule has 0 radical (unpaired) electrons. The van der Waals surface area contributed by atoms with Crippen molar-refractivity contribution >= 4 is 11.8 Å². The van der Waals surface area contributed by atoms with Crippen LogP contribution in [0.15, 0.2) is 83.8 Å². The molecule has 30 heavy (non-hydrogen) atoms. The normalized spacial score (nSPS) is 18.1. The first-order valence-corrected chi connectivity index (χ1v) is 11.0. The molecule has 1 heterocycles. The average Bonchev–Trinajstić information content (AvgIpc) is 2.79. The Morgan fingerprint density at radius 1 is 1.03 bits per heavy atom. The van der Waals surface area contributed by atoms with Crippen LogP contribution in [0, 0.1) is 5.82 Å². The maximum Gasteiger partial charge on any atom is 0.132 e. The summed E-state index contributed by atoms with van der Waals surface area (Å²) in [6.45, 7) is 3.11. The van der Waals surface area contributed by atoms with E-state index in [4.69, 9.17) is 9.47 Å². The number of rotatable bonds is 7. The first kappa shape index (κ1) is 20.9. The van der Waals surface area contributed by atoms with E-state index in [0.29, 0.717) is 12.2 Å². The van der Waals surface area contributed by atoms with E-state index in [2.05, 4.69) is 29.2 Å². The molecule has 3 aromatic carbocycles. The third-order valence-corrected chi connectivity index (χ3v) is 6.70. The molecule has 2 atom stereocenters. The Labute approximate surface area is 181 Å². The van der Waals surface area contributed by atoms with E-state index in [1.165, 1.54) is 11.6 Å². The molecule has 0 spiro atoms. The molecule has 1 aliphatic heterocycles. The SMILES string of the molecule is COc1ccccc1SC(c1ccccc1F)C1CN(Cc2ccccc2)CCO1. The van der Waals surface area contributed by atoms with Crippen molar-refractivity contribution < 1.29 is 13.9 Å². The number of ether oxygens (including phenoxy) is 2. The van der Waals surface area contributed by atoms with Crippen molar-refractivity contribution in [3.05, 3.63) is 95.8 Å². The van der Waals surface area contributed by atoms with Gasteiger partial charge < -0.3 is 9.47 Å². The fourth-order valence-corrected chi connectivity index (χ4v) is 5.13. The van der Waals surface area contributed by atoms with Crippen molar-refractivity contribution in [1.82, 2.24) is 4.90 Å². The van der Waals surface area contributed by atoms with Gasteiger partial charge in [0.2, 0.25) is 0 Å². The Morgan fingerprint density at radius 2 is 1.77 bits per heavy atom. The first-order chi connectivity index (χ1) is 14.7. The van der Waals surface area contributed by atoms with E-state index in [9.17, 15) is 4.39 Å². The summed E-state index contributed by atoms with van der Waals surface area (Å²) < 4.78 is 26.5. The fraction of sp³-hybridized carbons (Fsp3) is 0.280. The highest BCUT2D eigenvalue weighted by atomic mass is 32.2. The summed E-state index contributed by atoms with van der Waals surface area (Å²) in [5.74, 6) is 0.592. The lowest BCUT2D eigenvalue weighted by Gasteiger charge is -2.37. The van der Waals surface area contributed by atoms with E-state index >= 15 is 0 Å². The summed E-state index contributed by atoms with van der Waals surface area (Å²) >= 11 is 1.61. The molecule has 0 amide bonds. The van der Waals surface area contributed by atoms with Crippen LogP contribution >= 0.6 is 11.8 Å². The minimum absolute atomic E-state index is 0.130. The van der Waals surface area contributed by atoms with Crippen molar-refractivity contribution in [3.63, 3.8) is 0 Å². The van der Waals surface area contributed by atoms with E-state index in [1.54, 1.807) is 24.9 Å². The zero-order valence-corrected chi connectivity index (χ0v) is 17.9. The van der Waals surface area contributed by atoms with Crippen molar-refractivity contribution in [3.8, 4) is 5.75 Å². The van der Waals surface area contributed by atoms with Gasteiger partial charge in [0.15, 0.2) is 0 Å². The molecule has 0 aromatic heterocycles. The van der Waals surface area contributed by atoms with Crippen LogP contribution in [0.2, 0.25) is 0 Å².